The van der Waals surface area contributed by atoms with Crippen LogP contribution in [0.15, 0.2) is 22.1 Å². The van der Waals surface area contributed by atoms with Crippen molar-refractivity contribution in [2.24, 2.45) is 14.1 Å². The van der Waals surface area contributed by atoms with Crippen LogP contribution < -0.4 is 11.2 Å². The number of aromatic nitrogens is 6. The summed E-state index contributed by atoms with van der Waals surface area (Å²) in [5.41, 5.74) is -0.825. The molecule has 0 unspecified atom stereocenters. The van der Waals surface area contributed by atoms with Crippen molar-refractivity contribution in [3.63, 3.8) is 0 Å². The van der Waals surface area contributed by atoms with Gasteiger partial charge in [0.2, 0.25) is 5.95 Å². The molecule has 0 saturated carbocycles. The van der Waals surface area contributed by atoms with Crippen molar-refractivity contribution in [3.8, 4) is 5.95 Å². The molecule has 0 aliphatic heterocycles. The molecule has 21 heavy (non-hydrogen) atoms. The number of aryl methyl sites for hydroxylation is 1. The average molecular weight is 290 g/mol. The fraction of sp³-hybridized carbons (Fsp3) is 0.182. The maximum absolute atomic E-state index is 12.0. The number of nitrogens with one attached hydrogen (secondary N) is 1. The van der Waals surface area contributed by atoms with Crippen LogP contribution in [0.3, 0.4) is 0 Å². The maximum Gasteiger partial charge on any atom is 0.356 e. The van der Waals surface area contributed by atoms with Gasteiger partial charge in [0.1, 0.15) is 6.33 Å². The monoisotopic (exact) mass is 290 g/mol. The van der Waals surface area contributed by atoms with Crippen molar-refractivity contribution in [1.82, 2.24) is 28.7 Å². The summed E-state index contributed by atoms with van der Waals surface area (Å²) in [5.74, 6) is -0.975. The van der Waals surface area contributed by atoms with Crippen LogP contribution in [0.25, 0.3) is 17.1 Å². The minimum Gasteiger partial charge on any atom is -0.476 e. The molecule has 3 aromatic heterocycles. The molecule has 108 valence electrons. The standard InChI is InChI=1S/C11H10N6O4/c1-15-7-6(8(18)16(2)11(15)21)13-10(14-7)17-3-5(9(19)20)12-4-17/h3-4H,1-2H3,(H,13,14)(H,19,20). The highest BCUT2D eigenvalue weighted by molar-refractivity contribution is 5.85. The molecule has 0 spiro atoms. The van der Waals surface area contributed by atoms with E-state index in [0.29, 0.717) is 0 Å². The minimum absolute atomic E-state index is 0.153. The third kappa shape index (κ3) is 1.76. The number of hydrogen-bond acceptors (Lipinski definition) is 5. The van der Waals surface area contributed by atoms with E-state index in [0.717, 1.165) is 4.57 Å². The number of H-pyrrole nitrogens is 1. The van der Waals surface area contributed by atoms with Crippen molar-refractivity contribution in [2.75, 3.05) is 0 Å². The summed E-state index contributed by atoms with van der Waals surface area (Å²) >= 11 is 0. The summed E-state index contributed by atoms with van der Waals surface area (Å²) in [5, 5.41) is 8.84. The molecule has 0 atom stereocenters. The first kappa shape index (κ1) is 12.8. The molecule has 3 rings (SSSR count). The average Bonchev–Trinajstić information content (AvgIpc) is 3.08. The third-order valence-corrected chi connectivity index (χ3v) is 3.13. The zero-order valence-corrected chi connectivity index (χ0v) is 11.1. The Kier molecular flexibility index (Phi) is 2.55. The van der Waals surface area contributed by atoms with E-state index in [4.69, 9.17) is 5.11 Å². The van der Waals surface area contributed by atoms with Crippen molar-refractivity contribution >= 4 is 17.1 Å². The van der Waals surface area contributed by atoms with Gasteiger partial charge in [0.15, 0.2) is 16.9 Å². The van der Waals surface area contributed by atoms with Gasteiger partial charge in [0.05, 0.1) is 0 Å². The summed E-state index contributed by atoms with van der Waals surface area (Å²) in [4.78, 5) is 45.2. The van der Waals surface area contributed by atoms with Gasteiger partial charge in [0.25, 0.3) is 5.56 Å². The Morgan fingerprint density at radius 1 is 1.29 bits per heavy atom. The number of fused-ring (bicyclic) bond motifs is 1. The zero-order valence-electron chi connectivity index (χ0n) is 11.1. The van der Waals surface area contributed by atoms with Crippen LogP contribution in [0.2, 0.25) is 0 Å². The van der Waals surface area contributed by atoms with Crippen molar-refractivity contribution < 1.29 is 9.90 Å². The minimum atomic E-state index is -1.17. The lowest BCUT2D eigenvalue weighted by atomic mass is 10.5. The number of carboxylic acids is 1. The van der Waals surface area contributed by atoms with E-state index in [9.17, 15) is 14.4 Å². The van der Waals surface area contributed by atoms with Crippen molar-refractivity contribution in [2.45, 2.75) is 0 Å². The molecule has 0 saturated heterocycles. The Labute approximate surface area is 115 Å². The summed E-state index contributed by atoms with van der Waals surface area (Å²) < 4.78 is 3.51. The second kappa shape index (κ2) is 4.16. The number of carbonyl (C=O) groups is 1. The second-order valence-electron chi connectivity index (χ2n) is 4.44. The fourth-order valence-corrected chi connectivity index (χ4v) is 1.99. The Hall–Kier alpha value is -3.17. The first-order valence-electron chi connectivity index (χ1n) is 5.83. The molecular weight excluding hydrogens is 280 g/mol. The van der Waals surface area contributed by atoms with Crippen LogP contribution in [0.1, 0.15) is 10.5 Å². The molecule has 0 radical (unpaired) electrons. The smallest absolute Gasteiger partial charge is 0.356 e. The van der Waals surface area contributed by atoms with E-state index >= 15 is 0 Å². The van der Waals surface area contributed by atoms with Gasteiger partial charge in [-0.2, -0.15) is 4.98 Å². The highest BCUT2D eigenvalue weighted by Crippen LogP contribution is 2.09. The lowest BCUT2D eigenvalue weighted by Crippen LogP contribution is -2.36. The lowest BCUT2D eigenvalue weighted by Gasteiger charge is -2.00. The third-order valence-electron chi connectivity index (χ3n) is 3.13. The van der Waals surface area contributed by atoms with Gasteiger partial charge in [-0.1, -0.05) is 0 Å². The number of nitrogens with zero attached hydrogens (tertiary/aromatic N) is 5. The van der Waals surface area contributed by atoms with E-state index in [1.807, 2.05) is 0 Å². The predicted octanol–water partition coefficient (Wildman–Crippen LogP) is -1.16. The van der Waals surface area contributed by atoms with Crippen LogP contribution in [-0.2, 0) is 14.1 Å². The first-order chi connectivity index (χ1) is 9.90. The largest absolute Gasteiger partial charge is 0.476 e. The molecule has 0 fully saturated rings. The van der Waals surface area contributed by atoms with Crippen molar-refractivity contribution in [3.05, 3.63) is 39.1 Å². The second-order valence-corrected chi connectivity index (χ2v) is 4.44. The van der Waals surface area contributed by atoms with Gasteiger partial charge in [0, 0.05) is 20.3 Å². The summed E-state index contributed by atoms with van der Waals surface area (Å²) in [7, 11) is 2.86. The highest BCUT2D eigenvalue weighted by atomic mass is 16.4. The van der Waals surface area contributed by atoms with Crippen LogP contribution in [0, 0.1) is 0 Å². The van der Waals surface area contributed by atoms with Gasteiger partial charge in [-0.25, -0.2) is 14.6 Å². The van der Waals surface area contributed by atoms with Gasteiger partial charge >= 0.3 is 11.7 Å². The van der Waals surface area contributed by atoms with Crippen molar-refractivity contribution in [1.29, 1.82) is 0 Å². The predicted molar refractivity (Wildman–Crippen MR) is 70.7 cm³/mol. The number of carboxylic acid groups (broad SMARTS) is 1. The normalized spacial score (nSPS) is 11.1. The Morgan fingerprint density at radius 3 is 2.62 bits per heavy atom. The van der Waals surface area contributed by atoms with Gasteiger partial charge in [-0.15, -0.1) is 0 Å². The van der Waals surface area contributed by atoms with Crippen LogP contribution in [0.4, 0.5) is 0 Å². The first-order valence-corrected chi connectivity index (χ1v) is 5.83. The molecule has 10 nitrogen and oxygen atoms in total. The van der Waals surface area contributed by atoms with Gasteiger partial charge < -0.3 is 10.1 Å². The van der Waals surface area contributed by atoms with Crippen LogP contribution >= 0.6 is 0 Å². The molecule has 0 amide bonds. The Morgan fingerprint density at radius 2 is 2.00 bits per heavy atom. The highest BCUT2D eigenvalue weighted by Gasteiger charge is 2.15. The topological polar surface area (TPSA) is 128 Å². The van der Waals surface area contributed by atoms with E-state index < -0.39 is 17.2 Å². The molecule has 2 N–H and O–H groups in total. The van der Waals surface area contributed by atoms with Gasteiger partial charge in [-0.3, -0.25) is 18.5 Å². The van der Waals surface area contributed by atoms with E-state index in [-0.39, 0.29) is 22.8 Å². The number of aromatic carboxylic acids is 1. The Balaban J connectivity index is 2.28. The molecule has 3 heterocycles. The van der Waals surface area contributed by atoms with E-state index in [1.165, 1.54) is 35.8 Å². The number of hydrogen-bond donors (Lipinski definition) is 2. The zero-order chi connectivity index (χ0) is 15.3. The van der Waals surface area contributed by atoms with E-state index in [2.05, 4.69) is 15.0 Å². The van der Waals surface area contributed by atoms with Crippen LogP contribution in [0.5, 0.6) is 0 Å². The van der Waals surface area contributed by atoms with Crippen LogP contribution in [-0.4, -0.2) is 39.7 Å². The number of rotatable bonds is 2. The van der Waals surface area contributed by atoms with E-state index in [1.54, 1.807) is 0 Å². The molecular formula is C11H10N6O4. The summed E-state index contributed by atoms with van der Waals surface area (Å²) in [6.07, 6.45) is 2.51. The molecule has 0 bridgehead atoms. The SMILES string of the molecule is Cn1c(=O)c2[nH]c(-n3cnc(C(=O)O)c3)nc2n(C)c1=O. The quantitative estimate of drug-likeness (QED) is 0.613. The lowest BCUT2D eigenvalue weighted by molar-refractivity contribution is 0.0691. The maximum atomic E-state index is 12.0. The summed E-state index contributed by atoms with van der Waals surface area (Å²) in [6, 6.07) is 0. The molecule has 10 heteroatoms. The summed E-state index contributed by atoms with van der Waals surface area (Å²) in [6.45, 7) is 0. The molecule has 0 aliphatic rings. The van der Waals surface area contributed by atoms with Gasteiger partial charge in [-0.05, 0) is 0 Å². The number of aromatic amines is 1. The fourth-order valence-electron chi connectivity index (χ4n) is 1.99. The number of imidazole rings is 2. The molecule has 3 aromatic rings. The molecule has 0 aromatic carbocycles. The Bertz CT molecular complexity index is 988. The molecule has 0 aliphatic carbocycles.